The molecule has 1 aromatic heterocycles. The molecular formula is C17H18F3N3O3. The number of aromatic nitrogens is 2. The van der Waals surface area contributed by atoms with E-state index < -0.39 is 17.7 Å². The van der Waals surface area contributed by atoms with E-state index in [4.69, 9.17) is 0 Å². The minimum atomic E-state index is -4.70. The number of hydrogen-bond donors (Lipinski definition) is 2. The van der Waals surface area contributed by atoms with Gasteiger partial charge in [-0.2, -0.15) is 18.2 Å². The summed E-state index contributed by atoms with van der Waals surface area (Å²) in [5.41, 5.74) is -0.244. The van der Waals surface area contributed by atoms with E-state index in [2.05, 4.69) is 20.0 Å². The number of alkyl halides is 3. The molecule has 1 aliphatic carbocycles. The molecule has 1 amide bonds. The number of carbonyl (C=O) groups excluding carboxylic acids is 1. The second kappa shape index (κ2) is 7.06. The third-order valence-electron chi connectivity index (χ3n) is 4.44. The largest absolute Gasteiger partial charge is 0.471 e. The van der Waals surface area contributed by atoms with Crippen LogP contribution in [0, 0.1) is 0 Å². The fraction of sp³-hybridized carbons (Fsp3) is 0.471. The zero-order chi connectivity index (χ0) is 18.8. The number of nitrogens with one attached hydrogen (secondary N) is 1. The van der Waals surface area contributed by atoms with Gasteiger partial charge in [-0.25, -0.2) is 0 Å². The number of amides is 1. The summed E-state index contributed by atoms with van der Waals surface area (Å²) in [5, 5.41) is 16.4. The van der Waals surface area contributed by atoms with Crippen LogP contribution in [-0.2, 0) is 6.18 Å². The number of hydrogen-bond acceptors (Lipinski definition) is 5. The van der Waals surface area contributed by atoms with Crippen molar-refractivity contribution < 1.29 is 27.6 Å². The average Bonchev–Trinajstić information content (AvgIpc) is 3.11. The molecule has 0 bridgehead atoms. The van der Waals surface area contributed by atoms with E-state index >= 15 is 0 Å². The first kappa shape index (κ1) is 18.4. The molecule has 2 N–H and O–H groups in total. The fourth-order valence-corrected chi connectivity index (χ4v) is 2.96. The molecule has 1 aliphatic rings. The summed E-state index contributed by atoms with van der Waals surface area (Å²) in [6.45, 7) is 0.174. The lowest BCUT2D eigenvalue weighted by atomic mass is 9.85. The summed E-state index contributed by atoms with van der Waals surface area (Å²) in [7, 11) is 0. The number of carbonyl (C=O) groups is 1. The quantitative estimate of drug-likeness (QED) is 0.864. The van der Waals surface area contributed by atoms with Gasteiger partial charge in [0.15, 0.2) is 0 Å². The van der Waals surface area contributed by atoms with Crippen molar-refractivity contribution in [3.05, 3.63) is 35.7 Å². The molecule has 0 aliphatic heterocycles. The number of nitrogens with zero attached hydrogens (tertiary/aromatic N) is 2. The molecule has 6 nitrogen and oxygen atoms in total. The third kappa shape index (κ3) is 4.21. The molecule has 3 rings (SSSR count). The molecule has 1 heterocycles. The monoisotopic (exact) mass is 369 g/mol. The molecule has 9 heteroatoms. The zero-order valence-electron chi connectivity index (χ0n) is 13.8. The van der Waals surface area contributed by atoms with Gasteiger partial charge in [-0.05, 0) is 25.0 Å². The maximum absolute atomic E-state index is 12.5. The highest BCUT2D eigenvalue weighted by Gasteiger charge is 2.38. The van der Waals surface area contributed by atoms with Crippen LogP contribution in [0.3, 0.4) is 0 Å². The molecule has 1 aromatic carbocycles. The molecule has 2 aromatic rings. The average molecular weight is 369 g/mol. The minimum Gasteiger partial charge on any atom is -0.388 e. The second-order valence-electron chi connectivity index (χ2n) is 6.47. The summed E-state index contributed by atoms with van der Waals surface area (Å²) < 4.78 is 41.6. The number of benzene rings is 1. The first-order valence-corrected chi connectivity index (χ1v) is 8.29. The maximum Gasteiger partial charge on any atom is 0.471 e. The Morgan fingerprint density at radius 1 is 1.19 bits per heavy atom. The minimum absolute atomic E-state index is 0.174. The second-order valence-corrected chi connectivity index (χ2v) is 6.47. The van der Waals surface area contributed by atoms with Gasteiger partial charge in [-0.1, -0.05) is 36.6 Å². The van der Waals surface area contributed by atoms with Gasteiger partial charge in [0.1, 0.15) is 0 Å². The topological polar surface area (TPSA) is 88.2 Å². The highest BCUT2D eigenvalue weighted by Crippen LogP contribution is 2.29. The van der Waals surface area contributed by atoms with E-state index in [0.717, 1.165) is 19.3 Å². The molecule has 1 fully saturated rings. The molecule has 140 valence electrons. The van der Waals surface area contributed by atoms with Crippen molar-refractivity contribution in [2.75, 3.05) is 6.54 Å². The van der Waals surface area contributed by atoms with Crippen LogP contribution in [0.4, 0.5) is 13.2 Å². The van der Waals surface area contributed by atoms with Crippen LogP contribution >= 0.6 is 0 Å². The lowest BCUT2D eigenvalue weighted by Crippen LogP contribution is -2.44. The van der Waals surface area contributed by atoms with E-state index in [0.29, 0.717) is 24.0 Å². The Morgan fingerprint density at radius 2 is 1.85 bits per heavy atom. The van der Waals surface area contributed by atoms with Gasteiger partial charge >= 0.3 is 12.1 Å². The van der Waals surface area contributed by atoms with Gasteiger partial charge in [0.2, 0.25) is 5.82 Å². The lowest BCUT2D eigenvalue weighted by Gasteiger charge is -2.32. The molecule has 0 saturated heterocycles. The summed E-state index contributed by atoms with van der Waals surface area (Å²) in [6.07, 6.45) is -0.428. The smallest absolute Gasteiger partial charge is 0.388 e. The number of aliphatic hydroxyl groups is 1. The molecule has 26 heavy (non-hydrogen) atoms. The van der Waals surface area contributed by atoms with Gasteiger partial charge < -0.3 is 14.9 Å². The zero-order valence-corrected chi connectivity index (χ0v) is 13.8. The molecular weight excluding hydrogens is 351 g/mol. The van der Waals surface area contributed by atoms with E-state index in [1.807, 2.05) is 0 Å². The Bertz CT molecular complexity index is 766. The van der Waals surface area contributed by atoms with Crippen molar-refractivity contribution in [1.82, 2.24) is 15.5 Å². The van der Waals surface area contributed by atoms with Gasteiger partial charge in [-0.3, -0.25) is 4.79 Å². The lowest BCUT2D eigenvalue weighted by molar-refractivity contribution is -0.159. The highest BCUT2D eigenvalue weighted by molar-refractivity contribution is 5.94. The van der Waals surface area contributed by atoms with E-state index in [9.17, 15) is 23.1 Å². The van der Waals surface area contributed by atoms with Crippen molar-refractivity contribution in [2.45, 2.75) is 43.9 Å². The van der Waals surface area contributed by atoms with Gasteiger partial charge in [0.05, 0.1) is 5.60 Å². The number of halogens is 3. The Morgan fingerprint density at radius 3 is 2.42 bits per heavy atom. The Kier molecular flexibility index (Phi) is 4.99. The fourth-order valence-electron chi connectivity index (χ4n) is 2.96. The molecule has 0 unspecified atom stereocenters. The standard InChI is InChI=1S/C17H18F3N3O3/c18-17(19,20)15-22-13(23-26-15)11-4-6-12(7-5-11)14(24)21-10-16(25)8-2-1-3-9-16/h4-7,25H,1-3,8-10H2,(H,21,24). The van der Waals surface area contributed by atoms with E-state index in [1.54, 1.807) is 0 Å². The van der Waals surface area contributed by atoms with Crippen molar-refractivity contribution in [1.29, 1.82) is 0 Å². The van der Waals surface area contributed by atoms with Gasteiger partial charge in [-0.15, -0.1) is 0 Å². The van der Waals surface area contributed by atoms with Crippen LogP contribution in [0.15, 0.2) is 28.8 Å². The molecule has 0 spiro atoms. The van der Waals surface area contributed by atoms with Crippen molar-refractivity contribution in [3.63, 3.8) is 0 Å². The van der Waals surface area contributed by atoms with Crippen LogP contribution in [-0.4, -0.2) is 33.3 Å². The molecule has 0 atom stereocenters. The van der Waals surface area contributed by atoms with E-state index in [-0.39, 0.29) is 18.3 Å². The maximum atomic E-state index is 12.5. The van der Waals surface area contributed by atoms with Crippen LogP contribution in [0.2, 0.25) is 0 Å². The predicted octanol–water partition coefficient (Wildman–Crippen LogP) is 3.18. The summed E-state index contributed by atoms with van der Waals surface area (Å²) >= 11 is 0. The SMILES string of the molecule is O=C(NCC1(O)CCCCC1)c1ccc(-c2noc(C(F)(F)F)n2)cc1. The summed E-state index contributed by atoms with van der Waals surface area (Å²) in [5.74, 6) is -1.99. The first-order valence-electron chi connectivity index (χ1n) is 8.29. The van der Waals surface area contributed by atoms with Gasteiger partial charge in [0, 0.05) is 17.7 Å². The van der Waals surface area contributed by atoms with Crippen LogP contribution in [0.25, 0.3) is 11.4 Å². The summed E-state index contributed by atoms with van der Waals surface area (Å²) in [6, 6.07) is 5.79. The molecule has 1 saturated carbocycles. The normalized spacial score (nSPS) is 17.1. The highest BCUT2D eigenvalue weighted by atomic mass is 19.4. The first-order chi connectivity index (χ1) is 12.3. The Labute approximate surface area is 147 Å². The van der Waals surface area contributed by atoms with Crippen molar-refractivity contribution >= 4 is 5.91 Å². The van der Waals surface area contributed by atoms with Crippen LogP contribution in [0.1, 0.15) is 48.4 Å². The predicted molar refractivity (Wildman–Crippen MR) is 85.1 cm³/mol. The van der Waals surface area contributed by atoms with Crippen molar-refractivity contribution in [2.24, 2.45) is 0 Å². The van der Waals surface area contributed by atoms with E-state index in [1.165, 1.54) is 24.3 Å². The van der Waals surface area contributed by atoms with Crippen LogP contribution < -0.4 is 5.32 Å². The Balaban J connectivity index is 1.63. The Hall–Kier alpha value is -2.42. The van der Waals surface area contributed by atoms with Gasteiger partial charge in [0.25, 0.3) is 5.91 Å². The third-order valence-corrected chi connectivity index (χ3v) is 4.44. The summed E-state index contributed by atoms with van der Waals surface area (Å²) in [4.78, 5) is 15.5. The number of rotatable bonds is 4. The van der Waals surface area contributed by atoms with Crippen molar-refractivity contribution in [3.8, 4) is 11.4 Å². The van der Waals surface area contributed by atoms with Crippen LogP contribution in [0.5, 0.6) is 0 Å². The molecule has 0 radical (unpaired) electrons.